The van der Waals surface area contributed by atoms with E-state index in [1.807, 2.05) is 42.5 Å². The first-order valence-corrected chi connectivity index (χ1v) is 11.6. The minimum absolute atomic E-state index is 0.188. The Balaban J connectivity index is 1.15. The van der Waals surface area contributed by atoms with Crippen LogP contribution in [0.25, 0.3) is 21.9 Å². The average molecular weight is 442 g/mol. The van der Waals surface area contributed by atoms with Gasteiger partial charge in [0.25, 0.3) is 5.91 Å². The molecule has 2 aliphatic rings. The van der Waals surface area contributed by atoms with Crippen molar-refractivity contribution in [3.8, 4) is 11.1 Å². The molecule has 1 aromatic carbocycles. The van der Waals surface area contributed by atoms with Gasteiger partial charge < -0.3 is 10.2 Å². The van der Waals surface area contributed by atoms with E-state index in [-0.39, 0.29) is 5.91 Å². The third-order valence-corrected chi connectivity index (χ3v) is 6.80. The van der Waals surface area contributed by atoms with E-state index in [2.05, 4.69) is 37.5 Å². The van der Waals surface area contributed by atoms with Crippen molar-refractivity contribution >= 4 is 22.5 Å². The second kappa shape index (κ2) is 8.12. The molecule has 1 saturated heterocycles. The Labute approximate surface area is 192 Å². The van der Waals surface area contributed by atoms with Crippen molar-refractivity contribution in [2.45, 2.75) is 37.8 Å². The molecule has 6 rings (SSSR count). The molecule has 1 aliphatic heterocycles. The van der Waals surface area contributed by atoms with Crippen molar-refractivity contribution in [2.75, 3.05) is 18.4 Å². The molecule has 168 valence electrons. The predicted molar refractivity (Wildman–Crippen MR) is 127 cm³/mol. The van der Waals surface area contributed by atoms with Crippen molar-refractivity contribution < 1.29 is 4.79 Å². The number of nitrogens with one attached hydrogen (secondary N) is 1. The Hall–Kier alpha value is -3.52. The van der Waals surface area contributed by atoms with Crippen LogP contribution in [0.5, 0.6) is 0 Å². The SMILES string of the molecule is Cn1cc(-c2ccc3cnc(NC(=O)c4cnn(C5CCN(C6CC6)CC5)c4)cc3c2)cn1. The van der Waals surface area contributed by atoms with Crippen molar-refractivity contribution in [3.63, 3.8) is 0 Å². The third-order valence-electron chi connectivity index (χ3n) is 6.80. The molecule has 2 fully saturated rings. The number of piperidine rings is 1. The van der Waals surface area contributed by atoms with Gasteiger partial charge in [-0.3, -0.25) is 14.2 Å². The molecule has 1 amide bonds. The number of rotatable bonds is 5. The van der Waals surface area contributed by atoms with Gasteiger partial charge in [-0.05, 0) is 48.8 Å². The number of anilines is 1. The van der Waals surface area contributed by atoms with Crippen LogP contribution in [-0.4, -0.2) is 54.5 Å². The van der Waals surface area contributed by atoms with Gasteiger partial charge in [0.1, 0.15) is 5.82 Å². The fourth-order valence-electron chi connectivity index (χ4n) is 4.76. The summed E-state index contributed by atoms with van der Waals surface area (Å²) in [5, 5.41) is 13.7. The molecule has 1 aliphatic carbocycles. The first kappa shape index (κ1) is 20.1. The Morgan fingerprint density at radius 3 is 2.52 bits per heavy atom. The van der Waals surface area contributed by atoms with E-state index in [1.165, 1.54) is 12.8 Å². The molecule has 8 heteroatoms. The third kappa shape index (κ3) is 4.14. The monoisotopic (exact) mass is 441 g/mol. The van der Waals surface area contributed by atoms with Gasteiger partial charge in [-0.15, -0.1) is 0 Å². The summed E-state index contributed by atoms with van der Waals surface area (Å²) in [4.78, 5) is 19.9. The Bertz CT molecular complexity index is 1310. The molecule has 0 radical (unpaired) electrons. The van der Waals surface area contributed by atoms with E-state index < -0.39 is 0 Å². The zero-order valence-electron chi connectivity index (χ0n) is 18.7. The fourth-order valence-corrected chi connectivity index (χ4v) is 4.76. The highest BCUT2D eigenvalue weighted by Crippen LogP contribution is 2.32. The largest absolute Gasteiger partial charge is 0.306 e. The number of fused-ring (bicyclic) bond motifs is 1. The summed E-state index contributed by atoms with van der Waals surface area (Å²) in [6.07, 6.45) is 14.0. The number of aromatic nitrogens is 5. The second-order valence-electron chi connectivity index (χ2n) is 9.20. The van der Waals surface area contributed by atoms with Crippen molar-refractivity contribution in [2.24, 2.45) is 7.05 Å². The number of likely N-dealkylation sites (tertiary alicyclic amines) is 1. The normalized spacial score (nSPS) is 17.5. The summed E-state index contributed by atoms with van der Waals surface area (Å²) in [5.41, 5.74) is 2.69. The maximum atomic E-state index is 12.9. The molecular formula is C25H27N7O. The number of carbonyl (C=O) groups is 1. The van der Waals surface area contributed by atoms with Crippen LogP contribution in [0, 0.1) is 0 Å². The smallest absolute Gasteiger partial charge is 0.260 e. The maximum absolute atomic E-state index is 12.9. The Kier molecular flexibility index (Phi) is 4.95. The van der Waals surface area contributed by atoms with Gasteiger partial charge in [0, 0.05) is 55.7 Å². The van der Waals surface area contributed by atoms with E-state index in [4.69, 9.17) is 0 Å². The van der Waals surface area contributed by atoms with E-state index in [0.717, 1.165) is 53.9 Å². The zero-order valence-corrected chi connectivity index (χ0v) is 18.7. The Morgan fingerprint density at radius 1 is 0.909 bits per heavy atom. The molecule has 1 N–H and O–H groups in total. The Morgan fingerprint density at radius 2 is 1.76 bits per heavy atom. The molecule has 33 heavy (non-hydrogen) atoms. The lowest BCUT2D eigenvalue weighted by Gasteiger charge is -2.32. The molecule has 4 heterocycles. The fraction of sp³-hybridized carbons (Fsp3) is 0.360. The number of aryl methyl sites for hydroxylation is 1. The quantitative estimate of drug-likeness (QED) is 0.508. The van der Waals surface area contributed by atoms with Crippen LogP contribution in [-0.2, 0) is 7.05 Å². The number of hydrogen-bond acceptors (Lipinski definition) is 5. The van der Waals surface area contributed by atoms with Crippen molar-refractivity contribution in [1.82, 2.24) is 29.4 Å². The molecule has 8 nitrogen and oxygen atoms in total. The number of hydrogen-bond donors (Lipinski definition) is 1. The molecule has 0 unspecified atom stereocenters. The van der Waals surface area contributed by atoms with Crippen LogP contribution >= 0.6 is 0 Å². The van der Waals surface area contributed by atoms with E-state index in [1.54, 1.807) is 17.1 Å². The van der Waals surface area contributed by atoms with E-state index in [9.17, 15) is 4.79 Å². The lowest BCUT2D eigenvalue weighted by atomic mass is 10.0. The van der Waals surface area contributed by atoms with Crippen LogP contribution in [0.4, 0.5) is 5.82 Å². The van der Waals surface area contributed by atoms with Crippen LogP contribution in [0.3, 0.4) is 0 Å². The number of nitrogens with zero attached hydrogens (tertiary/aromatic N) is 6. The van der Waals surface area contributed by atoms with E-state index in [0.29, 0.717) is 17.4 Å². The van der Waals surface area contributed by atoms with Gasteiger partial charge in [0.05, 0.1) is 24.0 Å². The minimum Gasteiger partial charge on any atom is -0.306 e. The van der Waals surface area contributed by atoms with Crippen LogP contribution in [0.2, 0.25) is 0 Å². The number of carbonyl (C=O) groups excluding carboxylic acids is 1. The van der Waals surface area contributed by atoms with Crippen molar-refractivity contribution in [1.29, 1.82) is 0 Å². The zero-order chi connectivity index (χ0) is 22.4. The van der Waals surface area contributed by atoms with Gasteiger partial charge in [-0.1, -0.05) is 12.1 Å². The molecule has 3 aromatic heterocycles. The molecule has 0 bridgehead atoms. The molecular weight excluding hydrogens is 414 g/mol. The topological polar surface area (TPSA) is 80.9 Å². The predicted octanol–water partition coefficient (Wildman–Crippen LogP) is 3.88. The summed E-state index contributed by atoms with van der Waals surface area (Å²) in [7, 11) is 1.90. The first-order chi connectivity index (χ1) is 16.1. The minimum atomic E-state index is -0.188. The average Bonchev–Trinajstić information content (AvgIpc) is 3.40. The lowest BCUT2D eigenvalue weighted by Crippen LogP contribution is -2.36. The second-order valence-corrected chi connectivity index (χ2v) is 9.20. The van der Waals surface area contributed by atoms with Gasteiger partial charge >= 0.3 is 0 Å². The van der Waals surface area contributed by atoms with Gasteiger partial charge in [-0.25, -0.2) is 4.98 Å². The lowest BCUT2D eigenvalue weighted by molar-refractivity contribution is 0.102. The number of benzene rings is 1. The summed E-state index contributed by atoms with van der Waals surface area (Å²) < 4.78 is 3.75. The summed E-state index contributed by atoms with van der Waals surface area (Å²) in [6.45, 7) is 2.25. The summed E-state index contributed by atoms with van der Waals surface area (Å²) in [5.74, 6) is 0.341. The highest BCUT2D eigenvalue weighted by molar-refractivity contribution is 6.04. The van der Waals surface area contributed by atoms with Crippen LogP contribution in [0.1, 0.15) is 42.1 Å². The standard InChI is InChI=1S/C25H27N7O/c1-30-15-20(13-27-30)17-2-3-18-12-26-24(11-19(18)10-17)29-25(33)21-14-28-32(16-21)23-6-8-31(9-7-23)22-4-5-22/h2-3,10-16,22-23H,4-9H2,1H3,(H,26,29,33). The van der Waals surface area contributed by atoms with Crippen molar-refractivity contribution in [3.05, 3.63) is 60.8 Å². The highest BCUT2D eigenvalue weighted by atomic mass is 16.1. The highest BCUT2D eigenvalue weighted by Gasteiger charge is 2.32. The van der Waals surface area contributed by atoms with Gasteiger partial charge in [0.15, 0.2) is 0 Å². The van der Waals surface area contributed by atoms with Gasteiger partial charge in [0.2, 0.25) is 0 Å². The molecule has 1 saturated carbocycles. The summed E-state index contributed by atoms with van der Waals surface area (Å²) >= 11 is 0. The number of pyridine rings is 1. The van der Waals surface area contributed by atoms with Gasteiger partial charge in [-0.2, -0.15) is 10.2 Å². The molecule has 4 aromatic rings. The van der Waals surface area contributed by atoms with Crippen LogP contribution in [0.15, 0.2) is 55.2 Å². The molecule has 0 spiro atoms. The van der Waals surface area contributed by atoms with E-state index >= 15 is 0 Å². The maximum Gasteiger partial charge on any atom is 0.260 e. The molecule has 0 atom stereocenters. The van der Waals surface area contributed by atoms with Crippen LogP contribution < -0.4 is 5.32 Å². The summed E-state index contributed by atoms with van der Waals surface area (Å²) in [6, 6.07) is 9.28. The first-order valence-electron chi connectivity index (χ1n) is 11.6. The number of amides is 1.